The fourth-order valence-electron chi connectivity index (χ4n) is 1.63. The Morgan fingerprint density at radius 2 is 2.05 bits per heavy atom. The molecule has 0 aliphatic rings. The minimum Gasteiger partial charge on any atom is -0.293 e. The van der Waals surface area contributed by atoms with E-state index in [9.17, 15) is 4.79 Å². The minimum atomic E-state index is 0.0340. The van der Waals surface area contributed by atoms with E-state index in [0.29, 0.717) is 20.0 Å². The van der Waals surface area contributed by atoms with Gasteiger partial charge in [0.15, 0.2) is 5.78 Å². The molecule has 0 atom stereocenters. The number of benzene rings is 1. The minimum absolute atomic E-state index is 0.0340. The Hall–Kier alpha value is -0.480. The summed E-state index contributed by atoms with van der Waals surface area (Å²) in [7, 11) is 0. The molecule has 0 N–H and O–H groups in total. The van der Waals surface area contributed by atoms with Crippen LogP contribution in [0.25, 0.3) is 0 Å². The van der Waals surface area contributed by atoms with Gasteiger partial charge in [-0.15, -0.1) is 23.1 Å². The van der Waals surface area contributed by atoms with Crippen LogP contribution in [-0.2, 0) is 5.75 Å². The summed E-state index contributed by atoms with van der Waals surface area (Å²) in [4.78, 5) is 12.0. The molecule has 0 bridgehead atoms. The highest BCUT2D eigenvalue weighted by atomic mass is 35.5. The fraction of sp³-hybridized carbons (Fsp3) is 0.214. The molecule has 1 aromatic heterocycles. The number of halogens is 2. The zero-order valence-corrected chi connectivity index (χ0v) is 13.4. The Morgan fingerprint density at radius 3 is 2.68 bits per heavy atom. The van der Waals surface area contributed by atoms with Crippen LogP contribution < -0.4 is 0 Å². The molecule has 19 heavy (non-hydrogen) atoms. The lowest BCUT2D eigenvalue weighted by Crippen LogP contribution is -2.01. The molecule has 0 fully saturated rings. The van der Waals surface area contributed by atoms with Crippen molar-refractivity contribution in [3.63, 3.8) is 0 Å². The highest BCUT2D eigenvalue weighted by molar-refractivity contribution is 7.99. The second kappa shape index (κ2) is 6.80. The highest BCUT2D eigenvalue weighted by Gasteiger charge is 2.14. The summed E-state index contributed by atoms with van der Waals surface area (Å²) in [5.74, 6) is 1.28. The monoisotopic (exact) mass is 330 g/mol. The molecule has 1 heterocycles. The van der Waals surface area contributed by atoms with Crippen molar-refractivity contribution in [2.75, 3.05) is 5.75 Å². The first-order valence-electron chi connectivity index (χ1n) is 5.68. The number of rotatable bonds is 5. The smallest absolute Gasteiger partial charge is 0.175 e. The normalized spacial score (nSPS) is 10.7. The number of Topliss-reactive ketones (excluding diaryl/α,β-unsaturated/α-hetero) is 1. The van der Waals surface area contributed by atoms with E-state index in [1.165, 1.54) is 22.5 Å². The second-order valence-corrected chi connectivity index (χ2v) is 7.35. The van der Waals surface area contributed by atoms with E-state index >= 15 is 0 Å². The predicted octanol–water partition coefficient (Wildman–Crippen LogP) is 5.48. The van der Waals surface area contributed by atoms with Crippen molar-refractivity contribution in [3.8, 4) is 0 Å². The molecule has 0 aliphatic carbocycles. The Kier molecular flexibility index (Phi) is 5.34. The van der Waals surface area contributed by atoms with Crippen LogP contribution in [0.4, 0.5) is 0 Å². The van der Waals surface area contributed by atoms with Gasteiger partial charge in [-0.2, -0.15) is 0 Å². The van der Waals surface area contributed by atoms with Crippen molar-refractivity contribution in [2.24, 2.45) is 0 Å². The highest BCUT2D eigenvalue weighted by Crippen LogP contribution is 2.32. The largest absolute Gasteiger partial charge is 0.293 e. The van der Waals surface area contributed by atoms with Crippen LogP contribution in [-0.4, -0.2) is 11.5 Å². The van der Waals surface area contributed by atoms with Gasteiger partial charge in [0.2, 0.25) is 0 Å². The molecule has 2 aromatic rings. The van der Waals surface area contributed by atoms with E-state index in [1.54, 1.807) is 17.8 Å². The molecule has 0 saturated heterocycles. The summed E-state index contributed by atoms with van der Waals surface area (Å²) in [6.07, 6.45) is 0. The second-order valence-electron chi connectivity index (χ2n) is 4.08. The van der Waals surface area contributed by atoms with Gasteiger partial charge in [-0.1, -0.05) is 47.5 Å². The summed E-state index contributed by atoms with van der Waals surface area (Å²) in [5, 5.41) is 0. The zero-order chi connectivity index (χ0) is 13.8. The first-order chi connectivity index (χ1) is 9.08. The van der Waals surface area contributed by atoms with E-state index in [-0.39, 0.29) is 5.78 Å². The van der Waals surface area contributed by atoms with Crippen LogP contribution >= 0.6 is 46.3 Å². The summed E-state index contributed by atoms with van der Waals surface area (Å²) in [6, 6.07) is 9.84. The summed E-state index contributed by atoms with van der Waals surface area (Å²) >= 11 is 14.6. The van der Waals surface area contributed by atoms with Gasteiger partial charge in [0.25, 0.3) is 0 Å². The molecule has 0 unspecified atom stereocenters. The summed E-state index contributed by atoms with van der Waals surface area (Å²) in [6.45, 7) is 2.08. The SMILES string of the molecule is Cc1ccccc1CSCC(=O)c1cc(Cl)sc1Cl. The quantitative estimate of drug-likeness (QED) is 0.675. The van der Waals surface area contributed by atoms with Crippen molar-refractivity contribution in [3.05, 3.63) is 55.7 Å². The third kappa shape index (κ3) is 3.99. The summed E-state index contributed by atoms with van der Waals surface area (Å²) in [5.41, 5.74) is 3.04. The lowest BCUT2D eigenvalue weighted by atomic mass is 10.1. The molecule has 2 rings (SSSR count). The number of carbonyl (C=O) groups is 1. The first-order valence-corrected chi connectivity index (χ1v) is 8.41. The molecule has 5 heteroatoms. The number of thioether (sulfide) groups is 1. The van der Waals surface area contributed by atoms with Gasteiger partial charge >= 0.3 is 0 Å². The van der Waals surface area contributed by atoms with Gasteiger partial charge in [0.1, 0.15) is 4.34 Å². The number of hydrogen-bond donors (Lipinski definition) is 0. The average molecular weight is 331 g/mol. The number of aryl methyl sites for hydroxylation is 1. The van der Waals surface area contributed by atoms with Crippen molar-refractivity contribution in [1.82, 2.24) is 0 Å². The van der Waals surface area contributed by atoms with Crippen LogP contribution in [0.2, 0.25) is 8.67 Å². The first kappa shape index (κ1) is 14.9. The van der Waals surface area contributed by atoms with Crippen molar-refractivity contribution in [2.45, 2.75) is 12.7 Å². The standard InChI is InChI=1S/C14H12Cl2OS2/c1-9-4-2-3-5-10(9)7-18-8-12(17)11-6-13(15)19-14(11)16/h2-6H,7-8H2,1H3. The van der Waals surface area contributed by atoms with Crippen molar-refractivity contribution >= 4 is 52.1 Å². The molecule has 1 aromatic carbocycles. The van der Waals surface area contributed by atoms with Crippen LogP contribution in [0.5, 0.6) is 0 Å². The number of hydrogen-bond acceptors (Lipinski definition) is 3. The molecule has 0 spiro atoms. The van der Waals surface area contributed by atoms with Gasteiger partial charge in [0, 0.05) is 11.3 Å². The van der Waals surface area contributed by atoms with E-state index in [1.807, 2.05) is 12.1 Å². The molecular weight excluding hydrogens is 319 g/mol. The fourth-order valence-corrected chi connectivity index (χ4v) is 4.12. The van der Waals surface area contributed by atoms with E-state index in [0.717, 1.165) is 5.75 Å². The lowest BCUT2D eigenvalue weighted by Gasteiger charge is -2.04. The molecule has 0 radical (unpaired) electrons. The van der Waals surface area contributed by atoms with Gasteiger partial charge in [0.05, 0.1) is 10.1 Å². The summed E-state index contributed by atoms with van der Waals surface area (Å²) < 4.78 is 1.03. The lowest BCUT2D eigenvalue weighted by molar-refractivity contribution is 0.102. The number of carbonyl (C=O) groups excluding carboxylic acids is 1. The molecule has 0 amide bonds. The van der Waals surface area contributed by atoms with Crippen LogP contribution in [0.15, 0.2) is 30.3 Å². The number of thiophene rings is 1. The van der Waals surface area contributed by atoms with E-state index in [2.05, 4.69) is 19.1 Å². The topological polar surface area (TPSA) is 17.1 Å². The van der Waals surface area contributed by atoms with Crippen LogP contribution in [0, 0.1) is 6.92 Å². The third-order valence-electron chi connectivity index (χ3n) is 2.71. The maximum atomic E-state index is 12.0. The molecule has 1 nitrogen and oxygen atoms in total. The van der Waals surface area contributed by atoms with Crippen molar-refractivity contribution < 1.29 is 4.79 Å². The Morgan fingerprint density at radius 1 is 1.32 bits per heavy atom. The third-order valence-corrected chi connectivity index (χ3v) is 5.18. The molecule has 0 aliphatic heterocycles. The Bertz CT molecular complexity index is 593. The Labute approximate surface area is 130 Å². The van der Waals surface area contributed by atoms with Crippen LogP contribution in [0.3, 0.4) is 0 Å². The van der Waals surface area contributed by atoms with Gasteiger partial charge < -0.3 is 0 Å². The maximum absolute atomic E-state index is 12.0. The van der Waals surface area contributed by atoms with Gasteiger partial charge in [-0.3, -0.25) is 4.79 Å². The van der Waals surface area contributed by atoms with E-state index in [4.69, 9.17) is 23.2 Å². The number of ketones is 1. The molecule has 100 valence electrons. The Balaban J connectivity index is 1.91. The van der Waals surface area contributed by atoms with Crippen molar-refractivity contribution in [1.29, 1.82) is 0 Å². The van der Waals surface area contributed by atoms with E-state index < -0.39 is 0 Å². The van der Waals surface area contributed by atoms with Gasteiger partial charge in [-0.25, -0.2) is 0 Å². The average Bonchev–Trinajstić information content (AvgIpc) is 2.71. The zero-order valence-electron chi connectivity index (χ0n) is 10.3. The maximum Gasteiger partial charge on any atom is 0.175 e. The molecule has 0 saturated carbocycles. The van der Waals surface area contributed by atoms with Crippen LogP contribution in [0.1, 0.15) is 21.5 Å². The predicted molar refractivity (Wildman–Crippen MR) is 86.0 cm³/mol. The van der Waals surface area contributed by atoms with Gasteiger partial charge in [-0.05, 0) is 24.1 Å². The molecular formula is C14H12Cl2OS2.